The van der Waals surface area contributed by atoms with Gasteiger partial charge < -0.3 is 10.2 Å². The van der Waals surface area contributed by atoms with Crippen molar-refractivity contribution in [2.45, 2.75) is 26.3 Å². The molecule has 0 aliphatic carbocycles. The predicted octanol–water partition coefficient (Wildman–Crippen LogP) is 0.525. The molecule has 1 saturated heterocycles. The summed E-state index contributed by atoms with van der Waals surface area (Å²) in [5.74, 6) is 0.608. The maximum Gasteiger partial charge on any atom is 0.0705 e. The Morgan fingerprint density at radius 1 is 1.64 bits per heavy atom. The summed E-state index contributed by atoms with van der Waals surface area (Å²) in [7, 11) is 0. The minimum atomic E-state index is 0.522. The number of nitrogens with one attached hydrogen (secondary N) is 2. The molecule has 11 heavy (non-hydrogen) atoms. The molecule has 1 rings (SSSR count). The van der Waals surface area contributed by atoms with E-state index in [0.717, 1.165) is 19.7 Å². The van der Waals surface area contributed by atoms with Gasteiger partial charge in [-0.1, -0.05) is 13.8 Å². The van der Waals surface area contributed by atoms with Gasteiger partial charge in [0, 0.05) is 12.6 Å². The smallest absolute Gasteiger partial charge is 0.0705 e. The zero-order chi connectivity index (χ0) is 8.10. The first-order chi connectivity index (χ1) is 5.29. The van der Waals surface area contributed by atoms with E-state index in [9.17, 15) is 0 Å². The summed E-state index contributed by atoms with van der Waals surface area (Å²) in [6.45, 7) is 7.25. The average Bonchev–Trinajstić information content (AvgIpc) is 2.39. The third-order valence-electron chi connectivity index (χ3n) is 1.73. The zero-order valence-electron chi connectivity index (χ0n) is 7.39. The van der Waals surface area contributed by atoms with E-state index in [0.29, 0.717) is 12.0 Å². The molecule has 66 valence electrons. The topological polar surface area (TPSA) is 33.3 Å². The molecule has 0 radical (unpaired) electrons. The zero-order valence-corrected chi connectivity index (χ0v) is 7.39. The van der Waals surface area contributed by atoms with E-state index >= 15 is 0 Å². The molecule has 1 atom stereocenters. The Morgan fingerprint density at radius 2 is 2.45 bits per heavy atom. The lowest BCUT2D eigenvalue weighted by atomic mass is 10.2. The fraction of sp³-hybridized carbons (Fsp3) is 1.00. The van der Waals surface area contributed by atoms with E-state index in [1.54, 1.807) is 0 Å². The van der Waals surface area contributed by atoms with Crippen LogP contribution in [0.5, 0.6) is 0 Å². The summed E-state index contributed by atoms with van der Waals surface area (Å²) in [5.41, 5.74) is 3.05. The van der Waals surface area contributed by atoms with E-state index in [4.69, 9.17) is 4.84 Å². The third-order valence-corrected chi connectivity index (χ3v) is 1.73. The van der Waals surface area contributed by atoms with Crippen LogP contribution in [0.25, 0.3) is 0 Å². The van der Waals surface area contributed by atoms with Crippen molar-refractivity contribution in [3.8, 4) is 0 Å². The van der Waals surface area contributed by atoms with Crippen molar-refractivity contribution in [1.29, 1.82) is 0 Å². The molecule has 1 unspecified atom stereocenters. The van der Waals surface area contributed by atoms with Crippen molar-refractivity contribution in [1.82, 2.24) is 10.8 Å². The van der Waals surface area contributed by atoms with Crippen LogP contribution in [-0.4, -0.2) is 25.7 Å². The molecular formula is C8H18N2O. The summed E-state index contributed by atoms with van der Waals surface area (Å²) in [5, 5.41) is 3.27. The highest BCUT2D eigenvalue weighted by Crippen LogP contribution is 1.97. The molecule has 1 aliphatic heterocycles. The van der Waals surface area contributed by atoms with Gasteiger partial charge in [0.15, 0.2) is 0 Å². The van der Waals surface area contributed by atoms with Crippen LogP contribution in [0.1, 0.15) is 20.3 Å². The van der Waals surface area contributed by atoms with Crippen molar-refractivity contribution in [2.24, 2.45) is 5.92 Å². The quantitative estimate of drug-likeness (QED) is 0.585. The first-order valence-corrected chi connectivity index (χ1v) is 4.37. The molecule has 0 aromatic rings. The van der Waals surface area contributed by atoms with Gasteiger partial charge in [-0.3, -0.25) is 0 Å². The lowest BCUT2D eigenvalue weighted by Crippen LogP contribution is -2.32. The summed E-state index contributed by atoms with van der Waals surface area (Å²) >= 11 is 0. The molecule has 0 aromatic heterocycles. The molecule has 3 heteroatoms. The Balaban J connectivity index is 1.94. The fourth-order valence-corrected chi connectivity index (χ4v) is 1.09. The van der Waals surface area contributed by atoms with Crippen LogP contribution in [0.3, 0.4) is 0 Å². The van der Waals surface area contributed by atoms with Crippen LogP contribution >= 0.6 is 0 Å². The van der Waals surface area contributed by atoms with Crippen molar-refractivity contribution >= 4 is 0 Å². The van der Waals surface area contributed by atoms with Crippen LogP contribution in [0.4, 0.5) is 0 Å². The summed E-state index contributed by atoms with van der Waals surface area (Å²) in [4.78, 5) is 5.29. The number of hydrogen-bond acceptors (Lipinski definition) is 3. The van der Waals surface area contributed by atoms with Crippen LogP contribution in [0.2, 0.25) is 0 Å². The molecule has 0 bridgehead atoms. The summed E-state index contributed by atoms with van der Waals surface area (Å²) in [6, 6.07) is 0.522. The Bertz CT molecular complexity index is 100. The fourth-order valence-electron chi connectivity index (χ4n) is 1.09. The minimum absolute atomic E-state index is 0.522. The van der Waals surface area contributed by atoms with Gasteiger partial charge in [0.05, 0.1) is 6.61 Å². The van der Waals surface area contributed by atoms with E-state index in [1.807, 2.05) is 0 Å². The number of rotatable bonds is 4. The average molecular weight is 158 g/mol. The van der Waals surface area contributed by atoms with Crippen molar-refractivity contribution in [3.63, 3.8) is 0 Å². The number of hydroxylamine groups is 1. The minimum Gasteiger partial charge on any atom is -0.315 e. The molecule has 0 spiro atoms. The van der Waals surface area contributed by atoms with E-state index < -0.39 is 0 Å². The van der Waals surface area contributed by atoms with Gasteiger partial charge in [0.25, 0.3) is 0 Å². The second-order valence-corrected chi connectivity index (χ2v) is 3.51. The van der Waals surface area contributed by atoms with Gasteiger partial charge in [-0.2, -0.15) is 5.48 Å². The lowest BCUT2D eigenvalue weighted by Gasteiger charge is -2.12. The van der Waals surface area contributed by atoms with Crippen LogP contribution < -0.4 is 10.8 Å². The first kappa shape index (κ1) is 8.97. The van der Waals surface area contributed by atoms with Gasteiger partial charge in [0.2, 0.25) is 0 Å². The Labute approximate surface area is 68.5 Å². The molecule has 1 fully saturated rings. The highest BCUT2D eigenvalue weighted by molar-refractivity contribution is 4.73. The maximum absolute atomic E-state index is 5.29. The summed E-state index contributed by atoms with van der Waals surface area (Å²) < 4.78 is 0. The van der Waals surface area contributed by atoms with Gasteiger partial charge in [-0.25, -0.2) is 0 Å². The normalized spacial score (nSPS) is 24.8. The van der Waals surface area contributed by atoms with Crippen LogP contribution in [-0.2, 0) is 4.84 Å². The Kier molecular flexibility index (Phi) is 3.83. The second kappa shape index (κ2) is 4.70. The van der Waals surface area contributed by atoms with Gasteiger partial charge >= 0.3 is 0 Å². The first-order valence-electron chi connectivity index (χ1n) is 4.37. The van der Waals surface area contributed by atoms with E-state index in [-0.39, 0.29) is 0 Å². The predicted molar refractivity (Wildman–Crippen MR) is 45.2 cm³/mol. The highest BCUT2D eigenvalue weighted by atomic mass is 16.6. The monoisotopic (exact) mass is 158 g/mol. The molecular weight excluding hydrogens is 140 g/mol. The lowest BCUT2D eigenvalue weighted by molar-refractivity contribution is 0.00497. The summed E-state index contributed by atoms with van der Waals surface area (Å²) in [6.07, 6.45) is 1.18. The van der Waals surface area contributed by atoms with Crippen molar-refractivity contribution < 1.29 is 4.84 Å². The van der Waals surface area contributed by atoms with Crippen molar-refractivity contribution in [2.75, 3.05) is 19.7 Å². The van der Waals surface area contributed by atoms with Crippen molar-refractivity contribution in [3.05, 3.63) is 0 Å². The molecule has 0 saturated carbocycles. The van der Waals surface area contributed by atoms with Gasteiger partial charge in [-0.05, 0) is 18.9 Å². The molecule has 3 nitrogen and oxygen atoms in total. The molecule has 1 heterocycles. The standard InChI is InChI=1S/C8H18N2O/c1-7(2)6-11-10-8-3-4-9-5-8/h7-10H,3-6H2,1-2H3. The molecule has 2 N–H and O–H groups in total. The highest BCUT2D eigenvalue weighted by Gasteiger charge is 2.13. The number of hydrogen-bond donors (Lipinski definition) is 2. The largest absolute Gasteiger partial charge is 0.315 e. The SMILES string of the molecule is CC(C)CONC1CCNC1. The molecule has 0 aromatic carbocycles. The van der Waals surface area contributed by atoms with Gasteiger partial charge in [-0.15, -0.1) is 0 Å². The maximum atomic E-state index is 5.29. The Hall–Kier alpha value is -0.120. The second-order valence-electron chi connectivity index (χ2n) is 3.51. The molecule has 1 aliphatic rings. The Morgan fingerprint density at radius 3 is 3.00 bits per heavy atom. The van der Waals surface area contributed by atoms with E-state index in [1.165, 1.54) is 6.42 Å². The van der Waals surface area contributed by atoms with E-state index in [2.05, 4.69) is 24.6 Å². The van der Waals surface area contributed by atoms with Gasteiger partial charge in [0.1, 0.15) is 0 Å². The van der Waals surface area contributed by atoms with Crippen LogP contribution in [0.15, 0.2) is 0 Å². The molecule has 0 amide bonds. The van der Waals surface area contributed by atoms with Crippen LogP contribution in [0, 0.1) is 5.92 Å². The third kappa shape index (κ3) is 3.70.